The van der Waals surface area contributed by atoms with Gasteiger partial charge >= 0.3 is 0 Å². The Balaban J connectivity index is 2.06. The number of allylic oxidation sites excluding steroid dienone is 1. The second kappa shape index (κ2) is 6.89. The fourth-order valence-corrected chi connectivity index (χ4v) is 2.28. The Bertz CT molecular complexity index is 578. The van der Waals surface area contributed by atoms with E-state index in [0.717, 1.165) is 11.3 Å². The Morgan fingerprint density at radius 2 is 1.74 bits per heavy atom. The normalized spacial score (nSPS) is 9.58. The van der Waals surface area contributed by atoms with Crippen molar-refractivity contribution in [3.8, 4) is 5.75 Å². The quantitative estimate of drug-likeness (QED) is 0.570. The first-order chi connectivity index (χ1) is 9.29. The zero-order valence-electron chi connectivity index (χ0n) is 11.1. The van der Waals surface area contributed by atoms with Crippen LogP contribution in [0.1, 0.15) is 12.5 Å². The third-order valence-electron chi connectivity index (χ3n) is 2.74. The lowest BCUT2D eigenvalue weighted by molar-refractivity contribution is 0.414. The van der Waals surface area contributed by atoms with E-state index in [1.807, 2.05) is 47.9 Å². The van der Waals surface area contributed by atoms with Gasteiger partial charge in [0.05, 0.1) is 7.11 Å². The lowest BCUT2D eigenvalue weighted by Crippen LogP contribution is -1.80. The van der Waals surface area contributed by atoms with Gasteiger partial charge in [0.25, 0.3) is 0 Å². The maximum Gasteiger partial charge on any atom is 0.118 e. The summed E-state index contributed by atoms with van der Waals surface area (Å²) in [6.45, 7) is 2.07. The zero-order chi connectivity index (χ0) is 13.5. The molecule has 0 bridgehead atoms. The van der Waals surface area contributed by atoms with Crippen molar-refractivity contribution in [2.75, 3.05) is 7.11 Å². The van der Waals surface area contributed by atoms with Crippen molar-refractivity contribution in [3.63, 3.8) is 0 Å². The van der Waals surface area contributed by atoms with E-state index < -0.39 is 0 Å². The highest BCUT2D eigenvalue weighted by molar-refractivity contribution is 8.02. The third-order valence-corrected chi connectivity index (χ3v) is 3.52. The molecular formula is C17H16OS. The highest BCUT2D eigenvalue weighted by Crippen LogP contribution is 2.22. The highest BCUT2D eigenvalue weighted by atomic mass is 32.2. The predicted molar refractivity (Wildman–Crippen MR) is 82.5 cm³/mol. The molecule has 0 aliphatic carbocycles. The number of methoxy groups -OCH3 is 1. The number of hydrogen-bond acceptors (Lipinski definition) is 2. The minimum absolute atomic E-state index is 0.879. The number of ether oxygens (including phenoxy) is 1. The Kier molecular flexibility index (Phi) is 4.91. The molecule has 0 fully saturated rings. The molecule has 1 nitrogen and oxygen atoms in total. The van der Waals surface area contributed by atoms with E-state index in [4.69, 9.17) is 4.74 Å². The average Bonchev–Trinajstić information content (AvgIpc) is 2.49. The van der Waals surface area contributed by atoms with Crippen LogP contribution in [0.25, 0.3) is 5.57 Å². The maximum atomic E-state index is 5.13. The van der Waals surface area contributed by atoms with Crippen molar-refractivity contribution >= 4 is 17.3 Å². The van der Waals surface area contributed by atoms with E-state index in [2.05, 4.69) is 24.8 Å². The molecule has 0 atom stereocenters. The molecule has 0 radical (unpaired) electrons. The molecule has 0 unspecified atom stereocenters. The van der Waals surface area contributed by atoms with Gasteiger partial charge in [-0.3, -0.25) is 0 Å². The number of benzene rings is 2. The van der Waals surface area contributed by atoms with Crippen LogP contribution in [0.2, 0.25) is 0 Å². The van der Waals surface area contributed by atoms with Crippen molar-refractivity contribution in [1.82, 2.24) is 0 Å². The van der Waals surface area contributed by atoms with Crippen LogP contribution in [0.5, 0.6) is 5.75 Å². The topological polar surface area (TPSA) is 9.23 Å². The summed E-state index contributed by atoms with van der Waals surface area (Å²) < 4.78 is 5.13. The molecule has 0 aliphatic heterocycles. The lowest BCUT2D eigenvalue weighted by Gasteiger charge is -1.99. The van der Waals surface area contributed by atoms with Crippen molar-refractivity contribution in [1.29, 1.82) is 0 Å². The summed E-state index contributed by atoms with van der Waals surface area (Å²) in [4.78, 5) is 1.18. The molecule has 2 rings (SSSR count). The summed E-state index contributed by atoms with van der Waals surface area (Å²) >= 11 is 1.65. The number of rotatable bonds is 4. The molecule has 0 saturated carbocycles. The first-order valence-electron chi connectivity index (χ1n) is 6.07. The van der Waals surface area contributed by atoms with E-state index in [0.29, 0.717) is 0 Å². The zero-order valence-corrected chi connectivity index (χ0v) is 11.9. The fourth-order valence-electron chi connectivity index (χ4n) is 1.61. The van der Waals surface area contributed by atoms with E-state index in [1.54, 1.807) is 18.9 Å². The van der Waals surface area contributed by atoms with Crippen LogP contribution >= 0.6 is 11.8 Å². The van der Waals surface area contributed by atoms with Crippen LogP contribution in [0.15, 0.2) is 70.6 Å². The summed E-state index contributed by atoms with van der Waals surface area (Å²) in [5.41, 5.74) is 5.64. The SMILES string of the molecule is COc1ccc(SC=C=C(C)c2ccccc2)cc1. The van der Waals surface area contributed by atoms with Gasteiger partial charge < -0.3 is 4.74 Å². The van der Waals surface area contributed by atoms with Crippen LogP contribution in [-0.2, 0) is 0 Å². The lowest BCUT2D eigenvalue weighted by atomic mass is 10.1. The smallest absolute Gasteiger partial charge is 0.118 e. The minimum Gasteiger partial charge on any atom is -0.497 e. The molecule has 2 aromatic rings. The number of hydrogen-bond donors (Lipinski definition) is 0. The Hall–Kier alpha value is -1.89. The molecule has 0 saturated heterocycles. The molecule has 0 aromatic heterocycles. The molecule has 0 amide bonds. The van der Waals surface area contributed by atoms with Crippen LogP contribution < -0.4 is 4.74 Å². The molecule has 0 heterocycles. The van der Waals surface area contributed by atoms with Gasteiger partial charge in [-0.25, -0.2) is 0 Å². The second-order valence-corrected chi connectivity index (χ2v) is 4.99. The number of thioether (sulfide) groups is 1. The summed E-state index contributed by atoms with van der Waals surface area (Å²) in [7, 11) is 1.67. The maximum absolute atomic E-state index is 5.13. The van der Waals surface area contributed by atoms with Gasteiger partial charge in [0, 0.05) is 10.3 Å². The van der Waals surface area contributed by atoms with Gasteiger partial charge in [0.1, 0.15) is 5.75 Å². The molecule has 0 aliphatic rings. The summed E-state index contributed by atoms with van der Waals surface area (Å²) in [6, 6.07) is 18.3. The van der Waals surface area contributed by atoms with Gasteiger partial charge in [0.2, 0.25) is 0 Å². The third kappa shape index (κ3) is 4.06. The predicted octanol–water partition coefficient (Wildman–Crippen LogP) is 5.00. The van der Waals surface area contributed by atoms with Gasteiger partial charge in [0.15, 0.2) is 0 Å². The fraction of sp³-hybridized carbons (Fsp3) is 0.118. The Morgan fingerprint density at radius 3 is 2.37 bits per heavy atom. The van der Waals surface area contributed by atoms with Gasteiger partial charge in [-0.05, 0) is 42.3 Å². The van der Waals surface area contributed by atoms with Crippen LogP contribution in [0.4, 0.5) is 0 Å². The Labute approximate surface area is 118 Å². The highest BCUT2D eigenvalue weighted by Gasteiger charge is 1.93. The van der Waals surface area contributed by atoms with Crippen molar-refractivity contribution < 1.29 is 4.74 Å². The Morgan fingerprint density at radius 1 is 1.05 bits per heavy atom. The van der Waals surface area contributed by atoms with Gasteiger partial charge in [-0.2, -0.15) is 0 Å². The van der Waals surface area contributed by atoms with Gasteiger partial charge in [-0.15, -0.1) is 5.73 Å². The van der Waals surface area contributed by atoms with E-state index >= 15 is 0 Å². The minimum atomic E-state index is 0.879. The average molecular weight is 268 g/mol. The van der Waals surface area contributed by atoms with E-state index in [-0.39, 0.29) is 0 Å². The molecule has 19 heavy (non-hydrogen) atoms. The van der Waals surface area contributed by atoms with E-state index in [1.165, 1.54) is 10.5 Å². The van der Waals surface area contributed by atoms with Crippen LogP contribution in [-0.4, -0.2) is 7.11 Å². The summed E-state index contributed by atoms with van der Waals surface area (Å²) in [5.74, 6) is 0.879. The van der Waals surface area contributed by atoms with Crippen LogP contribution in [0.3, 0.4) is 0 Å². The van der Waals surface area contributed by atoms with Crippen molar-refractivity contribution in [3.05, 3.63) is 71.3 Å². The van der Waals surface area contributed by atoms with E-state index in [9.17, 15) is 0 Å². The first kappa shape index (κ1) is 13.5. The molecule has 2 aromatic carbocycles. The molecule has 0 N–H and O–H groups in total. The second-order valence-electron chi connectivity index (χ2n) is 4.05. The standard InChI is InChI=1S/C17H16OS/c1-14(15-6-4-3-5-7-15)12-13-19-17-10-8-16(18-2)9-11-17/h3-11,13H,1-2H3. The molecule has 0 spiro atoms. The largest absolute Gasteiger partial charge is 0.497 e. The molecule has 2 heteroatoms. The summed E-state index contributed by atoms with van der Waals surface area (Å²) in [5, 5.41) is 1.99. The van der Waals surface area contributed by atoms with Crippen molar-refractivity contribution in [2.45, 2.75) is 11.8 Å². The monoisotopic (exact) mass is 268 g/mol. The first-order valence-corrected chi connectivity index (χ1v) is 6.95. The van der Waals surface area contributed by atoms with Gasteiger partial charge in [-0.1, -0.05) is 42.1 Å². The van der Waals surface area contributed by atoms with Crippen molar-refractivity contribution in [2.24, 2.45) is 0 Å². The summed E-state index contributed by atoms with van der Waals surface area (Å²) in [6.07, 6.45) is 0. The molecule has 96 valence electrons. The molecular weight excluding hydrogens is 252 g/mol. The van der Waals surface area contributed by atoms with Crippen LogP contribution in [0, 0.1) is 0 Å².